The molecule has 0 unspecified atom stereocenters. The van der Waals surface area contributed by atoms with Gasteiger partial charge in [0.05, 0.1) is 0 Å². The molecule has 1 aliphatic carbocycles. The SMILES string of the molecule is ClCCN1CCCN(CCC2CC2)CC1. The predicted octanol–water partition coefficient (Wildman–Crippen LogP) is 2.03. The van der Waals surface area contributed by atoms with Gasteiger partial charge < -0.3 is 9.80 Å². The standard InChI is InChI=1S/C12H23ClN2/c13-5-9-15-7-1-6-14(10-11-15)8-4-12-2-3-12/h12H,1-11H2. The summed E-state index contributed by atoms with van der Waals surface area (Å²) < 4.78 is 0. The maximum absolute atomic E-state index is 5.78. The van der Waals surface area contributed by atoms with Crippen molar-refractivity contribution in [2.24, 2.45) is 5.92 Å². The van der Waals surface area contributed by atoms with E-state index in [-0.39, 0.29) is 0 Å². The van der Waals surface area contributed by atoms with E-state index in [9.17, 15) is 0 Å². The molecule has 0 bridgehead atoms. The lowest BCUT2D eigenvalue weighted by molar-refractivity contribution is 0.258. The van der Waals surface area contributed by atoms with E-state index in [1.807, 2.05) is 0 Å². The van der Waals surface area contributed by atoms with Gasteiger partial charge in [-0.3, -0.25) is 0 Å². The lowest BCUT2D eigenvalue weighted by atomic mass is 10.2. The predicted molar refractivity (Wildman–Crippen MR) is 65.6 cm³/mol. The number of rotatable bonds is 5. The van der Waals surface area contributed by atoms with Crippen LogP contribution in [0.1, 0.15) is 25.7 Å². The lowest BCUT2D eigenvalue weighted by Crippen LogP contribution is -2.32. The molecule has 0 aromatic heterocycles. The van der Waals surface area contributed by atoms with Crippen LogP contribution in [0.4, 0.5) is 0 Å². The van der Waals surface area contributed by atoms with Gasteiger partial charge in [-0.1, -0.05) is 12.8 Å². The molecule has 0 radical (unpaired) electrons. The van der Waals surface area contributed by atoms with Gasteiger partial charge in [0.15, 0.2) is 0 Å². The van der Waals surface area contributed by atoms with E-state index in [0.717, 1.165) is 18.3 Å². The van der Waals surface area contributed by atoms with Gasteiger partial charge in [-0.25, -0.2) is 0 Å². The zero-order valence-electron chi connectivity index (χ0n) is 9.63. The van der Waals surface area contributed by atoms with Gasteiger partial charge in [0.25, 0.3) is 0 Å². The summed E-state index contributed by atoms with van der Waals surface area (Å²) in [6.07, 6.45) is 5.75. The Labute approximate surface area is 98.6 Å². The Morgan fingerprint density at radius 3 is 2.20 bits per heavy atom. The molecule has 0 spiro atoms. The maximum Gasteiger partial charge on any atom is 0.0351 e. The normalized spacial score (nSPS) is 25.4. The summed E-state index contributed by atoms with van der Waals surface area (Å²) in [6, 6.07) is 0. The number of hydrogen-bond acceptors (Lipinski definition) is 2. The van der Waals surface area contributed by atoms with E-state index >= 15 is 0 Å². The van der Waals surface area contributed by atoms with Gasteiger partial charge in [0.2, 0.25) is 0 Å². The molecule has 2 aliphatic rings. The van der Waals surface area contributed by atoms with Crippen molar-refractivity contribution in [3.8, 4) is 0 Å². The van der Waals surface area contributed by atoms with Gasteiger partial charge in [0.1, 0.15) is 0 Å². The fourth-order valence-electron chi connectivity index (χ4n) is 2.36. The molecule has 15 heavy (non-hydrogen) atoms. The highest BCUT2D eigenvalue weighted by Gasteiger charge is 2.22. The van der Waals surface area contributed by atoms with E-state index in [0.29, 0.717) is 0 Å². The molecule has 1 aliphatic heterocycles. The van der Waals surface area contributed by atoms with Crippen molar-refractivity contribution < 1.29 is 0 Å². The maximum atomic E-state index is 5.78. The summed E-state index contributed by atoms with van der Waals surface area (Å²) >= 11 is 5.78. The summed E-state index contributed by atoms with van der Waals surface area (Å²) in [6.45, 7) is 7.41. The monoisotopic (exact) mass is 230 g/mol. The zero-order chi connectivity index (χ0) is 10.5. The van der Waals surface area contributed by atoms with Gasteiger partial charge in [-0.05, 0) is 38.4 Å². The average molecular weight is 231 g/mol. The van der Waals surface area contributed by atoms with Gasteiger partial charge in [0, 0.05) is 25.5 Å². The van der Waals surface area contributed by atoms with Crippen LogP contribution >= 0.6 is 11.6 Å². The number of alkyl halides is 1. The molecule has 0 atom stereocenters. The third-order valence-corrected chi connectivity index (χ3v) is 3.80. The van der Waals surface area contributed by atoms with E-state index < -0.39 is 0 Å². The van der Waals surface area contributed by atoms with Crippen LogP contribution in [0.5, 0.6) is 0 Å². The van der Waals surface area contributed by atoms with E-state index in [1.54, 1.807) is 0 Å². The summed E-state index contributed by atoms with van der Waals surface area (Å²) in [7, 11) is 0. The molecule has 0 aromatic rings. The first kappa shape index (κ1) is 11.7. The lowest BCUT2D eigenvalue weighted by Gasteiger charge is -2.20. The van der Waals surface area contributed by atoms with Crippen LogP contribution in [0.15, 0.2) is 0 Å². The van der Waals surface area contributed by atoms with Crippen LogP contribution in [0.2, 0.25) is 0 Å². The number of hydrogen-bond donors (Lipinski definition) is 0. The summed E-state index contributed by atoms with van der Waals surface area (Å²) in [5, 5.41) is 0. The average Bonchev–Trinajstić information content (AvgIpc) is 3.02. The second kappa shape index (κ2) is 6.07. The Hall–Kier alpha value is 0.210. The third kappa shape index (κ3) is 4.29. The molecule has 0 aromatic carbocycles. The smallest absolute Gasteiger partial charge is 0.0351 e. The highest BCUT2D eigenvalue weighted by Crippen LogP contribution is 2.32. The Morgan fingerprint density at radius 2 is 1.60 bits per heavy atom. The summed E-state index contributed by atoms with van der Waals surface area (Å²) in [4.78, 5) is 5.15. The van der Waals surface area contributed by atoms with Crippen molar-refractivity contribution in [3.05, 3.63) is 0 Å². The molecule has 1 saturated heterocycles. The molecule has 0 amide bonds. The highest BCUT2D eigenvalue weighted by atomic mass is 35.5. The Bertz CT molecular complexity index is 182. The van der Waals surface area contributed by atoms with E-state index in [1.165, 1.54) is 58.4 Å². The summed E-state index contributed by atoms with van der Waals surface area (Å²) in [5.74, 6) is 1.86. The second-order valence-electron chi connectivity index (χ2n) is 4.96. The Morgan fingerprint density at radius 1 is 0.933 bits per heavy atom. The number of halogens is 1. The summed E-state index contributed by atoms with van der Waals surface area (Å²) in [5.41, 5.74) is 0. The quantitative estimate of drug-likeness (QED) is 0.667. The van der Waals surface area contributed by atoms with Crippen molar-refractivity contribution in [1.29, 1.82) is 0 Å². The molecule has 2 rings (SSSR count). The third-order valence-electron chi connectivity index (χ3n) is 3.63. The van der Waals surface area contributed by atoms with Gasteiger partial charge >= 0.3 is 0 Å². The molecule has 2 fully saturated rings. The first-order valence-electron chi connectivity index (χ1n) is 6.39. The van der Waals surface area contributed by atoms with Gasteiger partial charge in [-0.2, -0.15) is 0 Å². The van der Waals surface area contributed by atoms with Crippen molar-refractivity contribution >= 4 is 11.6 Å². The minimum Gasteiger partial charge on any atom is -0.302 e. The Kier molecular flexibility index (Phi) is 4.73. The minimum absolute atomic E-state index is 0.780. The first-order valence-corrected chi connectivity index (χ1v) is 6.92. The first-order chi connectivity index (χ1) is 7.38. The van der Waals surface area contributed by atoms with Crippen LogP contribution in [-0.4, -0.2) is 54.9 Å². The van der Waals surface area contributed by atoms with Crippen LogP contribution < -0.4 is 0 Å². The van der Waals surface area contributed by atoms with Crippen LogP contribution in [0, 0.1) is 5.92 Å². The minimum atomic E-state index is 0.780. The fraction of sp³-hybridized carbons (Fsp3) is 1.00. The van der Waals surface area contributed by atoms with E-state index in [2.05, 4.69) is 9.80 Å². The molecule has 2 nitrogen and oxygen atoms in total. The molecule has 88 valence electrons. The van der Waals surface area contributed by atoms with Crippen LogP contribution in [0.25, 0.3) is 0 Å². The largest absolute Gasteiger partial charge is 0.302 e. The molecule has 0 N–H and O–H groups in total. The second-order valence-corrected chi connectivity index (χ2v) is 5.34. The highest BCUT2D eigenvalue weighted by molar-refractivity contribution is 6.18. The van der Waals surface area contributed by atoms with Crippen molar-refractivity contribution in [3.63, 3.8) is 0 Å². The van der Waals surface area contributed by atoms with Crippen molar-refractivity contribution in [2.75, 3.05) is 45.1 Å². The Balaban J connectivity index is 1.64. The fourth-order valence-corrected chi connectivity index (χ4v) is 2.60. The molecular weight excluding hydrogens is 208 g/mol. The van der Waals surface area contributed by atoms with E-state index in [4.69, 9.17) is 11.6 Å². The topological polar surface area (TPSA) is 6.48 Å². The number of nitrogens with zero attached hydrogens (tertiary/aromatic N) is 2. The van der Waals surface area contributed by atoms with Crippen LogP contribution in [-0.2, 0) is 0 Å². The zero-order valence-corrected chi connectivity index (χ0v) is 10.4. The van der Waals surface area contributed by atoms with Crippen LogP contribution in [0.3, 0.4) is 0 Å². The van der Waals surface area contributed by atoms with Crippen molar-refractivity contribution in [1.82, 2.24) is 9.80 Å². The molecule has 1 heterocycles. The van der Waals surface area contributed by atoms with Crippen molar-refractivity contribution in [2.45, 2.75) is 25.7 Å². The molecule has 3 heteroatoms. The molecular formula is C12H23ClN2. The van der Waals surface area contributed by atoms with Gasteiger partial charge in [-0.15, -0.1) is 11.6 Å². The molecule has 1 saturated carbocycles.